The number of carboxylic acid groups (broad SMARTS) is 1. The molecule has 148 valence electrons. The molecule has 0 aliphatic rings. The molecule has 0 amide bonds. The third-order valence-corrected chi connectivity index (χ3v) is 4.75. The van der Waals surface area contributed by atoms with E-state index in [1.54, 1.807) is 0 Å². The summed E-state index contributed by atoms with van der Waals surface area (Å²) in [5.41, 5.74) is 8.61. The monoisotopic (exact) mass is 413 g/mol. The summed E-state index contributed by atoms with van der Waals surface area (Å²) in [4.78, 5) is 8.72. The van der Waals surface area contributed by atoms with Crippen molar-refractivity contribution >= 4 is 32.9 Å². The normalized spacial score (nSPS) is 13.5. The number of nitrogens with one attached hydrogen (secondary N) is 1. The molecule has 0 aliphatic heterocycles. The Kier molecular flexibility index (Phi) is 5.29. The van der Waals surface area contributed by atoms with Crippen LogP contribution in [0.3, 0.4) is 0 Å². The Balaban J connectivity index is 3.48. The fraction of sp³-hybridized carbons (Fsp3) is 0.364. The van der Waals surface area contributed by atoms with E-state index in [1.165, 1.54) is 0 Å². The van der Waals surface area contributed by atoms with Crippen LogP contribution in [-0.2, 0) is 14.6 Å². The molecular weight excluding hydrogens is 403 g/mol. The van der Waals surface area contributed by atoms with Crippen molar-refractivity contribution in [2.24, 2.45) is 0 Å². The van der Waals surface area contributed by atoms with Crippen LogP contribution in [0.15, 0.2) is 17.0 Å². The van der Waals surface area contributed by atoms with E-state index in [9.17, 15) is 43.9 Å². The van der Waals surface area contributed by atoms with Gasteiger partial charge in [0, 0.05) is 0 Å². The molecule has 26 heavy (non-hydrogen) atoms. The van der Waals surface area contributed by atoms with E-state index in [4.69, 9.17) is 16.6 Å². The summed E-state index contributed by atoms with van der Waals surface area (Å²) in [7, 11) is -6.58. The van der Waals surface area contributed by atoms with Gasteiger partial charge < -0.3 is 21.9 Å². The molecule has 0 aliphatic carbocycles. The quantitative estimate of drug-likeness (QED) is 0.413. The number of rotatable bonds is 6. The van der Waals surface area contributed by atoms with Gasteiger partial charge in [-0.2, -0.15) is 30.7 Å². The van der Waals surface area contributed by atoms with Crippen LogP contribution in [0.4, 0.5) is 47.8 Å². The maximum Gasteiger partial charge on any atom is 0.461 e. The van der Waals surface area contributed by atoms with Crippen molar-refractivity contribution in [1.82, 2.24) is 0 Å². The average Bonchev–Trinajstić information content (AvgIpc) is 2.44. The zero-order valence-electron chi connectivity index (χ0n) is 12.2. The van der Waals surface area contributed by atoms with Gasteiger partial charge in [0.1, 0.15) is 6.54 Å². The molecule has 0 unspecified atom stereocenters. The van der Waals surface area contributed by atoms with Gasteiger partial charge in [-0.25, -0.2) is 8.42 Å². The first-order chi connectivity index (χ1) is 11.5. The molecule has 7 nitrogen and oxygen atoms in total. The molecule has 0 fully saturated rings. The minimum absolute atomic E-state index is 0.149. The molecule has 0 radical (unpaired) electrons. The number of carbonyl (C=O) groups is 1. The molecule has 1 aromatic rings. The minimum Gasteiger partial charge on any atom is -0.480 e. The van der Waals surface area contributed by atoms with Crippen molar-refractivity contribution in [1.29, 1.82) is 0 Å². The molecule has 0 aromatic heterocycles. The van der Waals surface area contributed by atoms with Gasteiger partial charge in [0.25, 0.3) is 0 Å². The van der Waals surface area contributed by atoms with Crippen molar-refractivity contribution in [2.45, 2.75) is 22.2 Å². The number of halogens is 7. The Morgan fingerprint density at radius 1 is 1.04 bits per heavy atom. The van der Waals surface area contributed by atoms with E-state index < -0.39 is 61.7 Å². The van der Waals surface area contributed by atoms with Crippen LogP contribution in [0.25, 0.3) is 0 Å². The second-order valence-corrected chi connectivity index (χ2v) is 6.81. The van der Waals surface area contributed by atoms with Crippen molar-refractivity contribution in [2.75, 3.05) is 23.3 Å². The maximum absolute atomic E-state index is 13.5. The molecule has 0 saturated heterocycles. The minimum atomic E-state index is -6.90. The number of nitrogens with two attached hydrogens (primary N) is 2. The zero-order valence-corrected chi connectivity index (χ0v) is 13.1. The van der Waals surface area contributed by atoms with E-state index >= 15 is 0 Å². The van der Waals surface area contributed by atoms with Gasteiger partial charge in [-0.3, -0.25) is 4.79 Å². The highest BCUT2D eigenvalue weighted by Gasteiger charge is 2.78. The standard InChI is InChI=1S/C11H10F7N3O4S/c12-9(13,10(14,15)16)11(17,18)26(24,25)4-1-5(19)8(6(20)2-4)21-3-7(22)23/h1-2,21H,3,19-20H2,(H,22,23). The number of hydrogen-bond donors (Lipinski definition) is 4. The number of benzene rings is 1. The Morgan fingerprint density at radius 2 is 1.46 bits per heavy atom. The topological polar surface area (TPSA) is 136 Å². The molecular formula is C11H10F7N3O4S. The summed E-state index contributed by atoms with van der Waals surface area (Å²) in [5.74, 6) is -8.32. The predicted octanol–water partition coefficient (Wildman–Crippen LogP) is 1.91. The molecule has 6 N–H and O–H groups in total. The van der Waals surface area contributed by atoms with Crippen LogP contribution in [0.2, 0.25) is 0 Å². The number of alkyl halides is 7. The molecule has 0 heterocycles. The van der Waals surface area contributed by atoms with Crippen LogP contribution >= 0.6 is 0 Å². The van der Waals surface area contributed by atoms with Gasteiger partial charge in [-0.05, 0) is 12.1 Å². The molecule has 0 saturated carbocycles. The lowest BCUT2D eigenvalue weighted by molar-refractivity contribution is -0.332. The molecule has 1 aromatic carbocycles. The Labute approximate surface area is 140 Å². The summed E-state index contributed by atoms with van der Waals surface area (Å²) in [5, 5.41) is 4.01. The number of carboxylic acids is 1. The van der Waals surface area contributed by atoms with Crippen LogP contribution in [0, 0.1) is 0 Å². The van der Waals surface area contributed by atoms with Gasteiger partial charge in [-0.1, -0.05) is 0 Å². The van der Waals surface area contributed by atoms with Crippen LogP contribution in [-0.4, -0.2) is 43.4 Å². The maximum atomic E-state index is 13.5. The van der Waals surface area contributed by atoms with E-state index in [2.05, 4.69) is 5.32 Å². The number of sulfone groups is 1. The SMILES string of the molecule is Nc1cc(S(=O)(=O)C(F)(F)C(F)(F)C(F)(F)F)cc(N)c1NCC(=O)O. The van der Waals surface area contributed by atoms with Gasteiger partial charge in [-0.15, -0.1) is 0 Å². The fourth-order valence-electron chi connectivity index (χ4n) is 1.66. The first-order valence-corrected chi connectivity index (χ1v) is 7.66. The lowest BCUT2D eigenvalue weighted by Crippen LogP contribution is -2.55. The smallest absolute Gasteiger partial charge is 0.461 e. The zero-order chi connectivity index (χ0) is 20.7. The molecule has 15 heteroatoms. The second kappa shape index (κ2) is 6.37. The van der Waals surface area contributed by atoms with Crippen molar-refractivity contribution in [3.63, 3.8) is 0 Å². The summed E-state index contributed by atoms with van der Waals surface area (Å²) < 4.78 is 113. The number of anilines is 3. The van der Waals surface area contributed by atoms with E-state index in [-0.39, 0.29) is 12.1 Å². The fourth-order valence-corrected chi connectivity index (χ4v) is 2.98. The lowest BCUT2D eigenvalue weighted by Gasteiger charge is -2.28. The third-order valence-electron chi connectivity index (χ3n) is 2.96. The number of nitrogen functional groups attached to an aromatic ring is 2. The van der Waals surface area contributed by atoms with Gasteiger partial charge in [0.2, 0.25) is 9.84 Å². The predicted molar refractivity (Wildman–Crippen MR) is 74.5 cm³/mol. The first-order valence-electron chi connectivity index (χ1n) is 6.18. The van der Waals surface area contributed by atoms with Crippen molar-refractivity contribution < 1.29 is 49.1 Å². The summed E-state index contributed by atoms with van der Waals surface area (Å²) >= 11 is 0. The van der Waals surface area contributed by atoms with Crippen molar-refractivity contribution in [3.8, 4) is 0 Å². The highest BCUT2D eigenvalue weighted by Crippen LogP contribution is 2.51. The number of aliphatic carboxylic acids is 1. The second-order valence-electron chi connectivity index (χ2n) is 4.82. The highest BCUT2D eigenvalue weighted by atomic mass is 32.2. The summed E-state index contributed by atoms with van der Waals surface area (Å²) in [6.07, 6.45) is -6.86. The van der Waals surface area contributed by atoms with Crippen molar-refractivity contribution in [3.05, 3.63) is 12.1 Å². The largest absolute Gasteiger partial charge is 0.480 e. The Morgan fingerprint density at radius 3 is 1.81 bits per heavy atom. The van der Waals surface area contributed by atoms with Crippen LogP contribution in [0.5, 0.6) is 0 Å². The third kappa shape index (κ3) is 3.42. The van der Waals surface area contributed by atoms with Gasteiger partial charge in [0.05, 0.1) is 22.0 Å². The van der Waals surface area contributed by atoms with Crippen LogP contribution < -0.4 is 16.8 Å². The van der Waals surface area contributed by atoms with Gasteiger partial charge in [0.15, 0.2) is 0 Å². The Hall–Kier alpha value is -2.45. The lowest BCUT2D eigenvalue weighted by atomic mass is 10.2. The Bertz CT molecular complexity index is 801. The number of hydrogen-bond acceptors (Lipinski definition) is 6. The summed E-state index contributed by atoms with van der Waals surface area (Å²) in [6, 6.07) is 0.298. The highest BCUT2D eigenvalue weighted by molar-refractivity contribution is 7.92. The molecule has 1 rings (SSSR count). The summed E-state index contributed by atoms with van der Waals surface area (Å²) in [6.45, 7) is -0.789. The molecule has 0 atom stereocenters. The molecule has 0 spiro atoms. The molecule has 0 bridgehead atoms. The van der Waals surface area contributed by atoms with E-state index in [1.807, 2.05) is 0 Å². The van der Waals surface area contributed by atoms with Gasteiger partial charge >= 0.3 is 23.3 Å². The average molecular weight is 413 g/mol. The van der Waals surface area contributed by atoms with E-state index in [0.717, 1.165) is 0 Å². The first kappa shape index (κ1) is 21.6. The van der Waals surface area contributed by atoms with E-state index in [0.29, 0.717) is 0 Å². The van der Waals surface area contributed by atoms with Crippen LogP contribution in [0.1, 0.15) is 0 Å².